The zero-order valence-corrected chi connectivity index (χ0v) is 8.63. The average Bonchev–Trinajstić information content (AvgIpc) is 2.26. The second-order valence-corrected chi connectivity index (χ2v) is 5.50. The number of nitrogens with one attached hydrogen (secondary N) is 1. The summed E-state index contributed by atoms with van der Waals surface area (Å²) in [7, 11) is 2.18. The van der Waals surface area contributed by atoms with Gasteiger partial charge in [-0.2, -0.15) is 0 Å². The molecule has 3 aliphatic rings. The van der Waals surface area contributed by atoms with Crippen molar-refractivity contribution in [3.63, 3.8) is 0 Å². The van der Waals surface area contributed by atoms with Crippen LogP contribution in [0.5, 0.6) is 0 Å². The molecule has 5 unspecified atom stereocenters. The molecule has 0 saturated heterocycles. The molecule has 1 N–H and O–H groups in total. The molecule has 0 spiro atoms. The van der Waals surface area contributed by atoms with Crippen LogP contribution in [-0.4, -0.2) is 13.1 Å². The Morgan fingerprint density at radius 2 is 1.85 bits per heavy atom. The van der Waals surface area contributed by atoms with Gasteiger partial charge in [0.05, 0.1) is 0 Å². The number of hydrogen-bond acceptors (Lipinski definition) is 1. The van der Waals surface area contributed by atoms with Crippen molar-refractivity contribution in [1.82, 2.24) is 5.32 Å². The molecule has 1 heteroatoms. The first-order valence-corrected chi connectivity index (χ1v) is 6.05. The molecular formula is C12H21N. The maximum absolute atomic E-state index is 3.59. The van der Waals surface area contributed by atoms with Gasteiger partial charge in [-0.1, -0.05) is 12.8 Å². The minimum absolute atomic E-state index is 0.885. The molecule has 3 saturated carbocycles. The Bertz CT molecular complexity index is 201. The summed E-state index contributed by atoms with van der Waals surface area (Å²) in [5.41, 5.74) is 0. The van der Waals surface area contributed by atoms with Crippen LogP contribution in [0.4, 0.5) is 0 Å². The molecule has 3 bridgehead atoms. The first kappa shape index (κ1) is 8.28. The lowest BCUT2D eigenvalue weighted by Crippen LogP contribution is -2.35. The summed E-state index contributed by atoms with van der Waals surface area (Å²) in [4.78, 5) is 0. The van der Waals surface area contributed by atoms with Crippen molar-refractivity contribution in [3.8, 4) is 0 Å². The molecule has 0 radical (unpaired) electrons. The van der Waals surface area contributed by atoms with Crippen LogP contribution in [0, 0.1) is 23.7 Å². The van der Waals surface area contributed by atoms with Gasteiger partial charge in [-0.15, -0.1) is 0 Å². The summed E-state index contributed by atoms with van der Waals surface area (Å²) < 4.78 is 0. The minimum Gasteiger partial charge on any atom is -0.316 e. The van der Waals surface area contributed by atoms with Gasteiger partial charge in [0.25, 0.3) is 0 Å². The van der Waals surface area contributed by atoms with Crippen molar-refractivity contribution < 1.29 is 0 Å². The normalized spacial score (nSPS) is 53.8. The van der Waals surface area contributed by atoms with Crippen LogP contribution in [0.15, 0.2) is 0 Å². The summed E-state index contributed by atoms with van der Waals surface area (Å²) in [6, 6.07) is 0.885. The third kappa shape index (κ3) is 1.16. The van der Waals surface area contributed by atoms with E-state index in [0.29, 0.717) is 0 Å². The summed E-state index contributed by atoms with van der Waals surface area (Å²) in [6.45, 7) is 0. The topological polar surface area (TPSA) is 12.0 Å². The van der Waals surface area contributed by atoms with Gasteiger partial charge < -0.3 is 5.32 Å². The minimum atomic E-state index is 0.885. The molecule has 1 nitrogen and oxygen atoms in total. The van der Waals surface area contributed by atoms with Crippen molar-refractivity contribution in [2.75, 3.05) is 7.05 Å². The SMILES string of the molecule is CNC1C2CC3CCCC1C(C3)C2. The zero-order chi connectivity index (χ0) is 8.84. The van der Waals surface area contributed by atoms with E-state index in [1.165, 1.54) is 12.8 Å². The van der Waals surface area contributed by atoms with Crippen LogP contribution >= 0.6 is 0 Å². The van der Waals surface area contributed by atoms with Crippen LogP contribution in [-0.2, 0) is 0 Å². The molecule has 0 aromatic heterocycles. The van der Waals surface area contributed by atoms with E-state index < -0.39 is 0 Å². The van der Waals surface area contributed by atoms with E-state index in [2.05, 4.69) is 12.4 Å². The highest BCUT2D eigenvalue weighted by molar-refractivity contribution is 5.01. The summed E-state index contributed by atoms with van der Waals surface area (Å²) >= 11 is 0. The lowest BCUT2D eigenvalue weighted by molar-refractivity contribution is 0.243. The molecule has 5 atom stereocenters. The smallest absolute Gasteiger partial charge is 0.0123 e. The quantitative estimate of drug-likeness (QED) is 0.652. The van der Waals surface area contributed by atoms with E-state index >= 15 is 0 Å². The Labute approximate surface area is 81.3 Å². The molecular weight excluding hydrogens is 158 g/mol. The molecule has 0 aromatic rings. The first-order valence-electron chi connectivity index (χ1n) is 6.05. The lowest BCUT2D eigenvalue weighted by atomic mass is 9.79. The molecule has 74 valence electrons. The number of rotatable bonds is 1. The van der Waals surface area contributed by atoms with Gasteiger partial charge >= 0.3 is 0 Å². The van der Waals surface area contributed by atoms with Crippen molar-refractivity contribution >= 4 is 0 Å². The highest BCUT2D eigenvalue weighted by Gasteiger charge is 2.48. The van der Waals surface area contributed by atoms with Crippen LogP contribution in [0.3, 0.4) is 0 Å². The first-order chi connectivity index (χ1) is 6.38. The Morgan fingerprint density at radius 3 is 2.69 bits per heavy atom. The van der Waals surface area contributed by atoms with Crippen molar-refractivity contribution in [1.29, 1.82) is 0 Å². The largest absolute Gasteiger partial charge is 0.316 e. The number of fused-ring (bicyclic) bond motifs is 2. The molecule has 13 heavy (non-hydrogen) atoms. The molecule has 0 aliphatic heterocycles. The standard InChI is InChI=1S/C12H21N/c1-13-12-10-6-8-3-2-4-11(12)9(5-8)7-10/h8-13H,2-7H2,1H3. The Morgan fingerprint density at radius 1 is 1.00 bits per heavy atom. The Balaban J connectivity index is 1.89. The molecule has 3 fully saturated rings. The van der Waals surface area contributed by atoms with E-state index in [0.717, 1.165) is 29.7 Å². The van der Waals surface area contributed by atoms with Crippen LogP contribution in [0.2, 0.25) is 0 Å². The van der Waals surface area contributed by atoms with Gasteiger partial charge in [-0.05, 0) is 56.4 Å². The van der Waals surface area contributed by atoms with Gasteiger partial charge in [0, 0.05) is 6.04 Å². The van der Waals surface area contributed by atoms with Gasteiger partial charge in [0.1, 0.15) is 0 Å². The maximum atomic E-state index is 3.59. The average molecular weight is 179 g/mol. The fraction of sp³-hybridized carbons (Fsp3) is 1.00. The van der Waals surface area contributed by atoms with Crippen LogP contribution < -0.4 is 5.32 Å². The summed E-state index contributed by atoms with van der Waals surface area (Å²) in [6.07, 6.45) is 9.23. The van der Waals surface area contributed by atoms with E-state index in [1.807, 2.05) is 0 Å². The summed E-state index contributed by atoms with van der Waals surface area (Å²) in [5.74, 6) is 4.29. The fourth-order valence-electron chi connectivity index (χ4n) is 4.56. The fourth-order valence-corrected chi connectivity index (χ4v) is 4.56. The van der Waals surface area contributed by atoms with E-state index in [4.69, 9.17) is 0 Å². The Kier molecular flexibility index (Phi) is 1.90. The molecule has 3 rings (SSSR count). The van der Waals surface area contributed by atoms with Crippen molar-refractivity contribution in [2.45, 2.75) is 44.6 Å². The lowest BCUT2D eigenvalue weighted by Gasteiger charge is -2.29. The van der Waals surface area contributed by atoms with Crippen LogP contribution in [0.25, 0.3) is 0 Å². The predicted molar refractivity (Wildman–Crippen MR) is 54.5 cm³/mol. The van der Waals surface area contributed by atoms with Gasteiger partial charge in [0.2, 0.25) is 0 Å². The predicted octanol–water partition coefficient (Wildman–Crippen LogP) is 2.42. The second kappa shape index (κ2) is 2.98. The van der Waals surface area contributed by atoms with Crippen molar-refractivity contribution in [3.05, 3.63) is 0 Å². The van der Waals surface area contributed by atoms with E-state index in [1.54, 1.807) is 25.7 Å². The van der Waals surface area contributed by atoms with Gasteiger partial charge in [-0.3, -0.25) is 0 Å². The van der Waals surface area contributed by atoms with E-state index in [-0.39, 0.29) is 0 Å². The number of hydrogen-bond donors (Lipinski definition) is 1. The third-order valence-electron chi connectivity index (χ3n) is 4.94. The zero-order valence-electron chi connectivity index (χ0n) is 8.63. The molecule has 0 heterocycles. The van der Waals surface area contributed by atoms with Crippen molar-refractivity contribution in [2.24, 2.45) is 23.7 Å². The molecule has 0 amide bonds. The third-order valence-corrected chi connectivity index (χ3v) is 4.94. The highest BCUT2D eigenvalue weighted by Crippen LogP contribution is 2.53. The Hall–Kier alpha value is -0.0400. The molecule has 0 aromatic carbocycles. The summed E-state index contributed by atoms with van der Waals surface area (Å²) in [5, 5.41) is 3.59. The highest BCUT2D eigenvalue weighted by atomic mass is 14.9. The van der Waals surface area contributed by atoms with E-state index in [9.17, 15) is 0 Å². The van der Waals surface area contributed by atoms with Gasteiger partial charge in [0.15, 0.2) is 0 Å². The maximum Gasteiger partial charge on any atom is 0.0123 e. The molecule has 3 aliphatic carbocycles. The second-order valence-electron chi connectivity index (χ2n) is 5.50. The van der Waals surface area contributed by atoms with Crippen LogP contribution in [0.1, 0.15) is 38.5 Å². The monoisotopic (exact) mass is 179 g/mol. The van der Waals surface area contributed by atoms with Gasteiger partial charge in [-0.25, -0.2) is 0 Å².